The van der Waals surface area contributed by atoms with Gasteiger partial charge in [0, 0.05) is 6.08 Å². The third-order valence-corrected chi connectivity index (χ3v) is 2.46. The van der Waals surface area contributed by atoms with Gasteiger partial charge in [0.2, 0.25) is 5.91 Å². The summed E-state index contributed by atoms with van der Waals surface area (Å²) in [5.74, 6) is -0.856. The number of allylic oxidation sites excluding steroid dienone is 3. The Morgan fingerprint density at radius 1 is 1.50 bits per heavy atom. The Kier molecular flexibility index (Phi) is 4.41. The first kappa shape index (κ1) is 12.1. The summed E-state index contributed by atoms with van der Waals surface area (Å²) in [5, 5.41) is 2.87. The monoisotopic (exact) mass is 237 g/mol. The topological polar surface area (TPSA) is 85.1 Å². The van der Waals surface area contributed by atoms with E-state index in [-0.39, 0.29) is 5.91 Å². The zero-order valence-corrected chi connectivity index (χ0v) is 9.45. The first-order chi connectivity index (χ1) is 7.63. The van der Waals surface area contributed by atoms with Crippen molar-refractivity contribution in [2.24, 2.45) is 5.73 Å². The summed E-state index contributed by atoms with van der Waals surface area (Å²) in [6, 6.07) is 0. The molecule has 6 heteroatoms. The lowest BCUT2D eigenvalue weighted by atomic mass is 10.4. The van der Waals surface area contributed by atoms with E-state index in [0.717, 1.165) is 11.3 Å². The van der Waals surface area contributed by atoms with Crippen molar-refractivity contribution in [3.05, 3.63) is 35.4 Å². The number of carbonyl (C=O) groups is 2. The molecule has 0 spiro atoms. The number of amides is 2. The van der Waals surface area contributed by atoms with Gasteiger partial charge in [-0.1, -0.05) is 29.6 Å². The Balaban J connectivity index is 2.59. The smallest absolute Gasteiger partial charge is 0.260 e. The van der Waals surface area contributed by atoms with Crippen LogP contribution in [-0.2, 0) is 4.79 Å². The number of aromatic nitrogens is 1. The maximum absolute atomic E-state index is 11.3. The van der Waals surface area contributed by atoms with Crippen LogP contribution in [0.5, 0.6) is 0 Å². The molecular formula is C10H11N3O2S. The lowest BCUT2D eigenvalue weighted by Gasteiger charge is -1.93. The van der Waals surface area contributed by atoms with Crippen LogP contribution in [0.4, 0.5) is 5.13 Å². The largest absolute Gasteiger partial charge is 0.365 e. The molecule has 16 heavy (non-hydrogen) atoms. The normalized spacial score (nSPS) is 11.1. The number of carbonyl (C=O) groups excluding carboxylic acids is 2. The molecule has 0 fully saturated rings. The van der Waals surface area contributed by atoms with Crippen LogP contribution in [0, 0.1) is 0 Å². The predicted octanol–water partition coefficient (Wildman–Crippen LogP) is 1.31. The van der Waals surface area contributed by atoms with E-state index >= 15 is 0 Å². The van der Waals surface area contributed by atoms with Crippen molar-refractivity contribution in [2.45, 2.75) is 6.92 Å². The van der Waals surface area contributed by atoms with Crippen molar-refractivity contribution in [2.75, 3.05) is 5.32 Å². The molecule has 0 aliphatic carbocycles. The molecular weight excluding hydrogens is 226 g/mol. The second-order valence-corrected chi connectivity index (χ2v) is 3.80. The van der Waals surface area contributed by atoms with Crippen molar-refractivity contribution in [1.82, 2.24) is 4.98 Å². The van der Waals surface area contributed by atoms with Gasteiger partial charge in [-0.2, -0.15) is 0 Å². The summed E-state index contributed by atoms with van der Waals surface area (Å²) >= 11 is 1.04. The Hall–Kier alpha value is -1.95. The van der Waals surface area contributed by atoms with E-state index in [1.165, 1.54) is 12.3 Å². The molecule has 1 heterocycles. The Labute approximate surface area is 96.7 Å². The number of anilines is 1. The first-order valence-electron chi connectivity index (χ1n) is 4.49. The lowest BCUT2D eigenvalue weighted by Crippen LogP contribution is -2.08. The lowest BCUT2D eigenvalue weighted by molar-refractivity contribution is -0.111. The van der Waals surface area contributed by atoms with Gasteiger partial charge in [-0.05, 0) is 6.92 Å². The number of primary amides is 1. The van der Waals surface area contributed by atoms with Gasteiger partial charge < -0.3 is 5.73 Å². The minimum absolute atomic E-state index is 0.302. The fraction of sp³-hybridized carbons (Fsp3) is 0.100. The second-order valence-electron chi connectivity index (χ2n) is 2.77. The van der Waals surface area contributed by atoms with E-state index in [1.54, 1.807) is 18.2 Å². The van der Waals surface area contributed by atoms with Gasteiger partial charge in [0.25, 0.3) is 5.91 Å². The number of thiazole rings is 1. The van der Waals surface area contributed by atoms with Crippen LogP contribution in [0.1, 0.15) is 16.6 Å². The summed E-state index contributed by atoms with van der Waals surface area (Å²) in [5.41, 5.74) is 5.05. The highest BCUT2D eigenvalue weighted by molar-refractivity contribution is 7.17. The van der Waals surface area contributed by atoms with Crippen LogP contribution in [-0.4, -0.2) is 16.8 Å². The molecule has 1 aromatic rings. The minimum Gasteiger partial charge on any atom is -0.365 e. The molecule has 0 aliphatic heterocycles. The highest BCUT2D eigenvalue weighted by Gasteiger charge is 2.07. The Bertz CT molecular complexity index is 449. The highest BCUT2D eigenvalue weighted by Crippen LogP contribution is 2.17. The van der Waals surface area contributed by atoms with Crippen molar-refractivity contribution in [1.29, 1.82) is 0 Å². The fourth-order valence-corrected chi connectivity index (χ4v) is 1.52. The molecule has 0 unspecified atom stereocenters. The van der Waals surface area contributed by atoms with E-state index in [0.29, 0.717) is 10.0 Å². The molecule has 1 rings (SSSR count). The van der Waals surface area contributed by atoms with Crippen molar-refractivity contribution >= 4 is 28.3 Å². The van der Waals surface area contributed by atoms with Crippen molar-refractivity contribution < 1.29 is 9.59 Å². The summed E-state index contributed by atoms with van der Waals surface area (Å²) in [4.78, 5) is 26.2. The maximum Gasteiger partial charge on any atom is 0.260 e. The van der Waals surface area contributed by atoms with Gasteiger partial charge in [0.1, 0.15) is 4.88 Å². The number of rotatable bonds is 4. The van der Waals surface area contributed by atoms with Gasteiger partial charge in [-0.3, -0.25) is 14.9 Å². The molecule has 0 aliphatic rings. The van der Waals surface area contributed by atoms with Gasteiger partial charge in [-0.15, -0.1) is 0 Å². The van der Waals surface area contributed by atoms with Crippen LogP contribution in [0.15, 0.2) is 30.5 Å². The summed E-state index contributed by atoms with van der Waals surface area (Å²) in [6.45, 7) is 1.85. The Morgan fingerprint density at radius 2 is 2.25 bits per heavy atom. The van der Waals surface area contributed by atoms with Crippen LogP contribution < -0.4 is 11.1 Å². The van der Waals surface area contributed by atoms with E-state index in [4.69, 9.17) is 5.73 Å². The number of hydrogen-bond acceptors (Lipinski definition) is 4. The third kappa shape index (κ3) is 3.66. The SMILES string of the molecule is C/C=C/C=C/C(=O)Nc1ncc(C(N)=O)s1. The van der Waals surface area contributed by atoms with Gasteiger partial charge in [-0.25, -0.2) is 4.98 Å². The molecule has 84 valence electrons. The molecule has 0 radical (unpaired) electrons. The Morgan fingerprint density at radius 3 is 2.81 bits per heavy atom. The first-order valence-corrected chi connectivity index (χ1v) is 5.31. The zero-order chi connectivity index (χ0) is 12.0. The number of nitrogens with one attached hydrogen (secondary N) is 1. The molecule has 0 atom stereocenters. The average molecular weight is 237 g/mol. The summed E-state index contributed by atoms with van der Waals surface area (Å²) in [6.07, 6.45) is 7.84. The highest BCUT2D eigenvalue weighted by atomic mass is 32.1. The molecule has 0 aromatic carbocycles. The molecule has 3 N–H and O–H groups in total. The van der Waals surface area contributed by atoms with Crippen molar-refractivity contribution in [3.8, 4) is 0 Å². The van der Waals surface area contributed by atoms with Crippen LogP contribution >= 0.6 is 11.3 Å². The van der Waals surface area contributed by atoms with Gasteiger partial charge in [0.15, 0.2) is 5.13 Å². The fourth-order valence-electron chi connectivity index (χ4n) is 0.847. The molecule has 5 nitrogen and oxygen atoms in total. The van der Waals surface area contributed by atoms with Crippen LogP contribution in [0.25, 0.3) is 0 Å². The van der Waals surface area contributed by atoms with E-state index in [2.05, 4.69) is 10.3 Å². The van der Waals surface area contributed by atoms with E-state index < -0.39 is 5.91 Å². The van der Waals surface area contributed by atoms with E-state index in [9.17, 15) is 9.59 Å². The van der Waals surface area contributed by atoms with Crippen LogP contribution in [0.3, 0.4) is 0 Å². The van der Waals surface area contributed by atoms with E-state index in [1.807, 2.05) is 6.92 Å². The molecule has 0 bridgehead atoms. The molecule has 1 aromatic heterocycles. The maximum atomic E-state index is 11.3. The second kappa shape index (κ2) is 5.82. The minimum atomic E-state index is -0.553. The van der Waals surface area contributed by atoms with Gasteiger partial charge >= 0.3 is 0 Å². The standard InChI is InChI=1S/C10H11N3O2S/c1-2-3-4-5-8(14)13-10-12-6-7(16-10)9(11)15/h2-6H,1H3,(H2,11,15)(H,12,13,14)/b3-2+,5-4+. The van der Waals surface area contributed by atoms with Crippen LogP contribution in [0.2, 0.25) is 0 Å². The van der Waals surface area contributed by atoms with Crippen molar-refractivity contribution in [3.63, 3.8) is 0 Å². The predicted molar refractivity (Wildman–Crippen MR) is 63.2 cm³/mol. The summed E-state index contributed by atoms with van der Waals surface area (Å²) in [7, 11) is 0. The quantitative estimate of drug-likeness (QED) is 0.611. The number of nitrogens with zero attached hydrogens (tertiary/aromatic N) is 1. The summed E-state index contributed by atoms with van der Waals surface area (Å²) < 4.78 is 0. The zero-order valence-electron chi connectivity index (χ0n) is 8.64. The van der Waals surface area contributed by atoms with Gasteiger partial charge in [0.05, 0.1) is 6.20 Å². The third-order valence-electron chi connectivity index (χ3n) is 1.53. The average Bonchev–Trinajstić information content (AvgIpc) is 2.66. The number of nitrogens with two attached hydrogens (primary N) is 1. The number of hydrogen-bond donors (Lipinski definition) is 2. The molecule has 2 amide bonds. The molecule has 0 saturated carbocycles. The molecule has 0 saturated heterocycles.